The predicted molar refractivity (Wildman–Crippen MR) is 85.9 cm³/mol. The number of pyridine rings is 1. The average Bonchev–Trinajstić information content (AvgIpc) is 2.93. The van der Waals surface area contributed by atoms with Crippen molar-refractivity contribution in [3.63, 3.8) is 0 Å². The van der Waals surface area contributed by atoms with Crippen LogP contribution in [0.2, 0.25) is 0 Å². The lowest BCUT2D eigenvalue weighted by Crippen LogP contribution is -2.42. The van der Waals surface area contributed by atoms with Crippen LogP contribution in [0.4, 0.5) is 9.93 Å². The molecule has 22 heavy (non-hydrogen) atoms. The SMILES string of the molecule is Cc1nsc(NC(=O)N2CCC[C@@H](Cc3cccnc3)C2)n1. The topological polar surface area (TPSA) is 71.0 Å². The van der Waals surface area contributed by atoms with Crippen LogP contribution in [0.5, 0.6) is 0 Å². The Hall–Kier alpha value is -2.02. The molecule has 6 nitrogen and oxygen atoms in total. The Morgan fingerprint density at radius 1 is 1.55 bits per heavy atom. The summed E-state index contributed by atoms with van der Waals surface area (Å²) in [7, 11) is 0. The number of aromatic nitrogens is 3. The fourth-order valence-corrected chi connectivity index (χ4v) is 3.35. The summed E-state index contributed by atoms with van der Waals surface area (Å²) in [5.41, 5.74) is 1.23. The van der Waals surface area contributed by atoms with Crippen LogP contribution in [-0.2, 0) is 6.42 Å². The molecule has 0 unspecified atom stereocenters. The smallest absolute Gasteiger partial charge is 0.323 e. The van der Waals surface area contributed by atoms with Gasteiger partial charge in [-0.1, -0.05) is 6.07 Å². The molecule has 0 aromatic carbocycles. The van der Waals surface area contributed by atoms with E-state index in [1.54, 1.807) is 6.20 Å². The number of anilines is 1. The fraction of sp³-hybridized carbons (Fsp3) is 0.467. The molecule has 3 heterocycles. The fourth-order valence-electron chi connectivity index (χ4n) is 2.79. The van der Waals surface area contributed by atoms with Crippen molar-refractivity contribution in [2.24, 2.45) is 5.92 Å². The number of hydrogen-bond acceptors (Lipinski definition) is 5. The van der Waals surface area contributed by atoms with Gasteiger partial charge in [0.05, 0.1) is 0 Å². The van der Waals surface area contributed by atoms with Gasteiger partial charge >= 0.3 is 6.03 Å². The highest BCUT2D eigenvalue weighted by molar-refractivity contribution is 7.09. The molecule has 1 N–H and O–H groups in total. The molecule has 1 atom stereocenters. The normalized spacial score (nSPS) is 18.2. The van der Waals surface area contributed by atoms with Crippen LogP contribution in [0.25, 0.3) is 0 Å². The molecule has 2 amide bonds. The molecule has 0 saturated carbocycles. The van der Waals surface area contributed by atoms with Crippen molar-refractivity contribution in [2.45, 2.75) is 26.2 Å². The highest BCUT2D eigenvalue weighted by Crippen LogP contribution is 2.21. The number of urea groups is 1. The first kappa shape index (κ1) is 14.9. The van der Waals surface area contributed by atoms with Crippen LogP contribution in [0.3, 0.4) is 0 Å². The van der Waals surface area contributed by atoms with E-state index in [4.69, 9.17) is 0 Å². The average molecular weight is 317 g/mol. The highest BCUT2D eigenvalue weighted by atomic mass is 32.1. The van der Waals surface area contributed by atoms with Crippen LogP contribution in [0.15, 0.2) is 24.5 Å². The second kappa shape index (κ2) is 6.83. The zero-order chi connectivity index (χ0) is 15.4. The van der Waals surface area contributed by atoms with Crippen LogP contribution in [0.1, 0.15) is 24.2 Å². The highest BCUT2D eigenvalue weighted by Gasteiger charge is 2.24. The quantitative estimate of drug-likeness (QED) is 0.945. The van der Waals surface area contributed by atoms with Gasteiger partial charge in [-0.2, -0.15) is 4.37 Å². The number of carbonyl (C=O) groups excluding carboxylic acids is 1. The molecule has 2 aromatic heterocycles. The van der Waals surface area contributed by atoms with Crippen molar-refractivity contribution in [2.75, 3.05) is 18.4 Å². The first-order valence-corrected chi connectivity index (χ1v) is 8.23. The third kappa shape index (κ3) is 3.79. The molecule has 3 rings (SSSR count). The second-order valence-corrected chi connectivity index (χ2v) is 6.35. The largest absolute Gasteiger partial charge is 0.324 e. The molecule has 0 bridgehead atoms. The van der Waals surface area contributed by atoms with Crippen LogP contribution < -0.4 is 5.32 Å². The molecule has 0 aliphatic carbocycles. The zero-order valence-corrected chi connectivity index (χ0v) is 13.3. The number of amides is 2. The molecule has 2 aromatic rings. The summed E-state index contributed by atoms with van der Waals surface area (Å²) in [5, 5.41) is 3.40. The molecule has 116 valence electrons. The van der Waals surface area contributed by atoms with E-state index < -0.39 is 0 Å². The van der Waals surface area contributed by atoms with Gasteiger partial charge in [-0.3, -0.25) is 10.3 Å². The Morgan fingerprint density at radius 3 is 3.18 bits per heavy atom. The Kier molecular flexibility index (Phi) is 4.62. The minimum absolute atomic E-state index is 0.0768. The number of carbonyl (C=O) groups is 1. The molecule has 1 aliphatic rings. The van der Waals surface area contributed by atoms with E-state index >= 15 is 0 Å². The van der Waals surface area contributed by atoms with Gasteiger partial charge in [-0.25, -0.2) is 9.78 Å². The Morgan fingerprint density at radius 2 is 2.45 bits per heavy atom. The zero-order valence-electron chi connectivity index (χ0n) is 12.5. The number of piperidine rings is 1. The maximum absolute atomic E-state index is 12.3. The van der Waals surface area contributed by atoms with Crippen molar-refractivity contribution >= 4 is 22.7 Å². The number of aryl methyl sites for hydroxylation is 1. The van der Waals surface area contributed by atoms with Gasteiger partial charge in [0.25, 0.3) is 0 Å². The molecule has 0 radical (unpaired) electrons. The Bertz CT molecular complexity index is 630. The van der Waals surface area contributed by atoms with Gasteiger partial charge in [0.15, 0.2) is 0 Å². The van der Waals surface area contributed by atoms with Crippen molar-refractivity contribution in [1.29, 1.82) is 0 Å². The minimum Gasteiger partial charge on any atom is -0.324 e. The van der Waals surface area contributed by atoms with Gasteiger partial charge in [0.2, 0.25) is 5.13 Å². The number of nitrogens with one attached hydrogen (secondary N) is 1. The van der Waals surface area contributed by atoms with Gasteiger partial charge in [0, 0.05) is 37.0 Å². The standard InChI is InChI=1S/C15H19N5OS/c1-11-17-14(22-19-11)18-15(21)20-7-3-5-13(10-20)8-12-4-2-6-16-9-12/h2,4,6,9,13H,3,5,7-8,10H2,1H3,(H,17,18,19,21)/t13-/m0/s1. The van der Waals surface area contributed by atoms with Crippen molar-refractivity contribution in [3.05, 3.63) is 35.9 Å². The maximum atomic E-state index is 12.3. The monoisotopic (exact) mass is 317 g/mol. The summed E-state index contributed by atoms with van der Waals surface area (Å²) >= 11 is 1.22. The first-order valence-electron chi connectivity index (χ1n) is 7.46. The molecule has 1 fully saturated rings. The van der Waals surface area contributed by atoms with Crippen molar-refractivity contribution < 1.29 is 4.79 Å². The second-order valence-electron chi connectivity index (χ2n) is 5.60. The Balaban J connectivity index is 1.57. The summed E-state index contributed by atoms with van der Waals surface area (Å²) < 4.78 is 4.08. The molecule has 0 spiro atoms. The van der Waals surface area contributed by atoms with Gasteiger partial charge in [-0.15, -0.1) is 0 Å². The maximum Gasteiger partial charge on any atom is 0.323 e. The number of likely N-dealkylation sites (tertiary alicyclic amines) is 1. The van der Waals surface area contributed by atoms with E-state index in [1.807, 2.05) is 24.1 Å². The summed E-state index contributed by atoms with van der Waals surface area (Å²) in [4.78, 5) is 22.5. The van der Waals surface area contributed by atoms with Crippen molar-refractivity contribution in [1.82, 2.24) is 19.2 Å². The third-order valence-electron chi connectivity index (χ3n) is 3.79. The predicted octanol–water partition coefficient (Wildman–Crippen LogP) is 2.73. The summed E-state index contributed by atoms with van der Waals surface area (Å²) in [6.45, 7) is 3.39. The molecular weight excluding hydrogens is 298 g/mol. The van der Waals surface area contributed by atoms with Crippen molar-refractivity contribution in [3.8, 4) is 0 Å². The molecule has 7 heteroatoms. The molecular formula is C15H19N5OS. The first-order chi connectivity index (χ1) is 10.7. The van der Waals surface area contributed by atoms with E-state index in [0.29, 0.717) is 16.9 Å². The van der Waals surface area contributed by atoms with Crippen LogP contribution in [-0.4, -0.2) is 38.4 Å². The lowest BCUT2D eigenvalue weighted by molar-refractivity contribution is 0.177. The molecule has 1 saturated heterocycles. The lowest BCUT2D eigenvalue weighted by atomic mass is 9.92. The van der Waals surface area contributed by atoms with E-state index in [1.165, 1.54) is 17.1 Å². The van der Waals surface area contributed by atoms with E-state index in [9.17, 15) is 4.79 Å². The van der Waals surface area contributed by atoms with Gasteiger partial charge in [-0.05, 0) is 43.7 Å². The number of hydrogen-bond donors (Lipinski definition) is 1. The third-order valence-corrected chi connectivity index (χ3v) is 4.52. The van der Waals surface area contributed by atoms with E-state index in [2.05, 4.69) is 25.7 Å². The lowest BCUT2D eigenvalue weighted by Gasteiger charge is -2.32. The van der Waals surface area contributed by atoms with Gasteiger partial charge in [0.1, 0.15) is 5.82 Å². The van der Waals surface area contributed by atoms with E-state index in [0.717, 1.165) is 32.4 Å². The van der Waals surface area contributed by atoms with E-state index in [-0.39, 0.29) is 6.03 Å². The number of rotatable bonds is 3. The van der Waals surface area contributed by atoms with Gasteiger partial charge < -0.3 is 4.90 Å². The number of nitrogens with zero attached hydrogens (tertiary/aromatic N) is 4. The summed E-state index contributed by atoms with van der Waals surface area (Å²) in [5.74, 6) is 1.17. The Labute approximate surface area is 133 Å². The van der Waals surface area contributed by atoms with Crippen LogP contribution >= 0.6 is 11.5 Å². The summed E-state index contributed by atoms with van der Waals surface area (Å²) in [6, 6.07) is 3.98. The minimum atomic E-state index is -0.0768. The molecule has 1 aliphatic heterocycles. The van der Waals surface area contributed by atoms with Crippen LogP contribution in [0, 0.1) is 12.8 Å². The summed E-state index contributed by atoms with van der Waals surface area (Å²) in [6.07, 6.45) is 6.84.